The molecule has 5 aromatic carbocycles. The molecule has 0 unspecified atom stereocenters. The minimum absolute atomic E-state index is 0.0298. The fourth-order valence-corrected chi connectivity index (χ4v) is 13.1. The van der Waals surface area contributed by atoms with E-state index in [2.05, 4.69) is 128 Å². The van der Waals surface area contributed by atoms with Gasteiger partial charge in [-0.15, -0.1) is 0 Å². The van der Waals surface area contributed by atoms with E-state index < -0.39 is 5.31 Å². The second-order valence-corrected chi connectivity index (χ2v) is 19.5. The van der Waals surface area contributed by atoms with E-state index in [0.717, 1.165) is 15.6 Å². The Labute approximate surface area is 246 Å². The van der Waals surface area contributed by atoms with Crippen molar-refractivity contribution < 1.29 is 9.53 Å². The Morgan fingerprint density at radius 1 is 0.692 bits per heavy atom. The molecule has 0 bridgehead atoms. The molecule has 5 heteroatoms. The van der Waals surface area contributed by atoms with E-state index in [0.29, 0.717) is 17.5 Å². The molecule has 39 heavy (non-hydrogen) atoms. The van der Waals surface area contributed by atoms with Gasteiger partial charge in [-0.05, 0) is 0 Å². The van der Waals surface area contributed by atoms with Gasteiger partial charge in [0.25, 0.3) is 0 Å². The summed E-state index contributed by atoms with van der Waals surface area (Å²) < 4.78 is 7.23. The van der Waals surface area contributed by atoms with Crippen LogP contribution in [0, 0.1) is 6.92 Å². The van der Waals surface area contributed by atoms with Crippen molar-refractivity contribution in [2.45, 2.75) is 13.1 Å². The number of carbonyl (C=O) groups is 1. The van der Waals surface area contributed by atoms with Crippen molar-refractivity contribution in [3.63, 3.8) is 0 Å². The first-order valence-electron chi connectivity index (χ1n) is 12.8. The van der Waals surface area contributed by atoms with Gasteiger partial charge in [-0.1, -0.05) is 0 Å². The fraction of sp³-hybridized carbons (Fsp3) is 0.0882. The van der Waals surface area contributed by atoms with Crippen LogP contribution in [0.25, 0.3) is 0 Å². The van der Waals surface area contributed by atoms with Crippen LogP contribution in [0.4, 0.5) is 0 Å². The normalized spacial score (nSPS) is 12.3. The van der Waals surface area contributed by atoms with Gasteiger partial charge in [0, 0.05) is 0 Å². The molecule has 0 saturated carbocycles. The third kappa shape index (κ3) is 5.52. The van der Waals surface area contributed by atoms with Gasteiger partial charge in [0.15, 0.2) is 0 Å². The summed E-state index contributed by atoms with van der Waals surface area (Å²) in [6, 6.07) is 45.7. The average molecular weight is 660 g/mol. The number of halogens is 2. The van der Waals surface area contributed by atoms with Crippen molar-refractivity contribution in [2.24, 2.45) is 0 Å². The van der Waals surface area contributed by atoms with Crippen LogP contribution in [-0.2, 0) is 6.16 Å². The first-order chi connectivity index (χ1) is 18.9. The van der Waals surface area contributed by atoms with Crippen LogP contribution in [0.3, 0.4) is 0 Å². The molecule has 0 saturated heterocycles. The fourth-order valence-electron chi connectivity index (χ4n) is 5.04. The predicted molar refractivity (Wildman–Crippen MR) is 173 cm³/mol. The molecule has 2 nitrogen and oxygen atoms in total. The molecule has 0 fully saturated rings. The second kappa shape index (κ2) is 11.6. The van der Waals surface area contributed by atoms with Gasteiger partial charge >= 0.3 is 248 Å². The Morgan fingerprint density at radius 3 is 1.67 bits per heavy atom. The summed E-state index contributed by atoms with van der Waals surface area (Å²) >= 11 is 8.22. The molecule has 0 amide bonds. The van der Waals surface area contributed by atoms with Gasteiger partial charge in [0.05, 0.1) is 0 Å². The topological polar surface area (TPSA) is 26.3 Å². The summed E-state index contributed by atoms with van der Waals surface area (Å²) in [5.74, 6) is 0.657. The van der Waals surface area contributed by atoms with Crippen LogP contribution < -0.4 is 20.7 Å². The van der Waals surface area contributed by atoms with E-state index >= 15 is 0 Å². The molecule has 0 aromatic heterocycles. The number of carbonyl (C=O) groups excluding carboxylic acids is 1. The van der Waals surface area contributed by atoms with E-state index in [1.54, 1.807) is 0 Å². The molecule has 0 spiro atoms. The van der Waals surface area contributed by atoms with Crippen molar-refractivity contribution in [1.29, 1.82) is 0 Å². The molecule has 196 valence electrons. The second-order valence-electron chi connectivity index (χ2n) is 9.68. The van der Waals surface area contributed by atoms with Crippen LogP contribution in [0.2, 0.25) is 0 Å². The summed E-state index contributed by atoms with van der Waals surface area (Å²) in [4.78, 5) is 13.0. The Kier molecular flexibility index (Phi) is 8.19. The SMILES string of the molecule is Cc1ccc(C(=O)COc2ccc(Br)cc2CP(Br)(c2ccccc2)(c2ccccc2)c2ccccc2)cc1. The number of ether oxygens (including phenoxy) is 1. The molecule has 0 heterocycles. The summed E-state index contributed by atoms with van der Waals surface area (Å²) in [5.41, 5.74) is 2.79. The van der Waals surface area contributed by atoms with Crippen molar-refractivity contribution in [2.75, 3.05) is 6.61 Å². The number of rotatable bonds is 9. The van der Waals surface area contributed by atoms with Crippen molar-refractivity contribution in [3.8, 4) is 5.75 Å². The first-order valence-corrected chi connectivity index (χ1v) is 18.0. The summed E-state index contributed by atoms with van der Waals surface area (Å²) in [6.45, 7) is 1.98. The van der Waals surface area contributed by atoms with E-state index in [1.807, 2.05) is 43.3 Å². The Bertz CT molecular complexity index is 1470. The zero-order valence-electron chi connectivity index (χ0n) is 21.6. The number of benzene rings is 5. The maximum absolute atomic E-state index is 13.0. The molecule has 0 radical (unpaired) electrons. The maximum atomic E-state index is 13.0. The van der Waals surface area contributed by atoms with Crippen molar-refractivity contribution >= 4 is 58.4 Å². The monoisotopic (exact) mass is 658 g/mol. The van der Waals surface area contributed by atoms with Crippen molar-refractivity contribution in [3.05, 3.63) is 155 Å². The van der Waals surface area contributed by atoms with Crippen LogP contribution in [0.15, 0.2) is 138 Å². The van der Waals surface area contributed by atoms with E-state index in [-0.39, 0.29) is 12.4 Å². The molecular weight excluding hydrogens is 631 g/mol. The quantitative estimate of drug-likeness (QED) is 0.117. The van der Waals surface area contributed by atoms with Crippen LogP contribution in [-0.4, -0.2) is 12.4 Å². The van der Waals surface area contributed by atoms with Gasteiger partial charge in [-0.25, -0.2) is 0 Å². The number of ketones is 1. The molecule has 5 rings (SSSR count). The molecule has 5 aromatic rings. The van der Waals surface area contributed by atoms with E-state index in [9.17, 15) is 4.79 Å². The van der Waals surface area contributed by atoms with Crippen LogP contribution >= 0.6 is 36.7 Å². The number of hydrogen-bond acceptors (Lipinski definition) is 2. The van der Waals surface area contributed by atoms with Crippen LogP contribution in [0.1, 0.15) is 21.5 Å². The molecule has 0 atom stereocenters. The average Bonchev–Trinajstić information content (AvgIpc) is 2.98. The molecule has 0 aliphatic rings. The van der Waals surface area contributed by atoms with Gasteiger partial charge in [0.1, 0.15) is 0 Å². The Balaban J connectivity index is 1.64. The zero-order valence-corrected chi connectivity index (χ0v) is 25.7. The van der Waals surface area contributed by atoms with E-state index in [4.69, 9.17) is 4.74 Å². The predicted octanol–water partition coefficient (Wildman–Crippen LogP) is 8.36. The Morgan fingerprint density at radius 2 is 1.18 bits per heavy atom. The first kappa shape index (κ1) is 27.5. The molecule has 0 N–H and O–H groups in total. The van der Waals surface area contributed by atoms with E-state index in [1.165, 1.54) is 15.9 Å². The van der Waals surface area contributed by atoms with Gasteiger partial charge in [0.2, 0.25) is 0 Å². The minimum atomic E-state index is -3.24. The number of Topliss-reactive ketones (excluding diaryl/α,β-unsaturated/α-hetero) is 1. The van der Waals surface area contributed by atoms with Crippen LogP contribution in [0.5, 0.6) is 5.75 Å². The summed E-state index contributed by atoms with van der Waals surface area (Å²) in [7, 11) is 0. The summed E-state index contributed by atoms with van der Waals surface area (Å²) in [5, 5.41) is 0.431. The molecule has 0 aliphatic heterocycles. The van der Waals surface area contributed by atoms with Gasteiger partial charge in [-0.3, -0.25) is 0 Å². The standard InChI is InChI=1S/C34H29Br2O2P/c1-26-17-19-27(20-18-26)33(37)24-38-34-22-21-29(35)23-28(34)25-39(36,30-11-5-2-6-12-30,31-13-7-3-8-14-31)32-15-9-4-10-16-32/h2-23H,24-25H2,1H3. The summed E-state index contributed by atoms with van der Waals surface area (Å²) in [6.07, 6.45) is 0.664. The third-order valence-corrected chi connectivity index (χ3v) is 17.1. The number of hydrogen-bond donors (Lipinski definition) is 0. The van der Waals surface area contributed by atoms with Gasteiger partial charge < -0.3 is 0 Å². The Hall–Kier alpha value is -3.04. The van der Waals surface area contributed by atoms with Crippen molar-refractivity contribution in [1.82, 2.24) is 0 Å². The van der Waals surface area contributed by atoms with Gasteiger partial charge in [-0.2, -0.15) is 0 Å². The molecular formula is C34H29Br2O2P. The molecule has 0 aliphatic carbocycles. The zero-order chi connectivity index (χ0) is 27.3. The number of aryl methyl sites for hydroxylation is 1. The third-order valence-electron chi connectivity index (χ3n) is 7.11.